The van der Waals surface area contributed by atoms with Crippen LogP contribution in [0.25, 0.3) is 0 Å². The molecule has 1 aromatic carbocycles. The second kappa shape index (κ2) is 6.19. The number of Topliss-reactive ketones (excluding diaryl/α,β-unsaturated/α-hetero) is 1. The number of halogens is 1. The third-order valence-corrected chi connectivity index (χ3v) is 3.65. The quantitative estimate of drug-likeness (QED) is 0.905. The van der Waals surface area contributed by atoms with Crippen molar-refractivity contribution in [1.82, 2.24) is 9.78 Å². The zero-order valence-corrected chi connectivity index (χ0v) is 12.9. The molecule has 1 heterocycles. The Hall–Kier alpha value is -1.66. The zero-order chi connectivity index (χ0) is 14.7. The van der Waals surface area contributed by atoms with E-state index in [-0.39, 0.29) is 12.2 Å². The van der Waals surface area contributed by atoms with Gasteiger partial charge in [-0.15, -0.1) is 0 Å². The monoisotopic (exact) mass is 337 g/mol. The molecule has 6 heteroatoms. The maximum Gasteiger partial charge on any atom is 0.158 e. The number of aromatic nitrogens is 2. The highest BCUT2D eigenvalue weighted by Crippen LogP contribution is 2.26. The van der Waals surface area contributed by atoms with Gasteiger partial charge in [-0.25, -0.2) is 0 Å². The number of methoxy groups -OCH3 is 1. The van der Waals surface area contributed by atoms with E-state index in [1.807, 2.05) is 18.2 Å². The van der Waals surface area contributed by atoms with Crippen LogP contribution < -0.4 is 10.5 Å². The number of hydrogen-bond acceptors (Lipinski definition) is 4. The highest BCUT2D eigenvalue weighted by atomic mass is 79.9. The van der Waals surface area contributed by atoms with E-state index in [0.29, 0.717) is 0 Å². The molecule has 1 unspecified atom stereocenters. The summed E-state index contributed by atoms with van der Waals surface area (Å²) in [5.74, 6) is 0.688. The SMILES string of the molecule is COc1ccc(CC(=O)C(N)c2cnn(C)c2)cc1Br. The Morgan fingerprint density at radius 2 is 2.30 bits per heavy atom. The minimum Gasteiger partial charge on any atom is -0.496 e. The van der Waals surface area contributed by atoms with Gasteiger partial charge in [0.25, 0.3) is 0 Å². The Kier molecular flexibility index (Phi) is 4.57. The van der Waals surface area contributed by atoms with Crippen LogP contribution in [0.3, 0.4) is 0 Å². The Morgan fingerprint density at radius 3 is 2.85 bits per heavy atom. The first kappa shape index (κ1) is 14.7. The minimum absolute atomic E-state index is 0.0462. The summed E-state index contributed by atoms with van der Waals surface area (Å²) >= 11 is 3.40. The maximum absolute atomic E-state index is 12.2. The molecule has 0 saturated heterocycles. The first-order valence-electron chi connectivity index (χ1n) is 6.10. The van der Waals surface area contributed by atoms with Crippen LogP contribution in [0, 0.1) is 0 Å². The van der Waals surface area contributed by atoms with Crippen LogP contribution in [0.2, 0.25) is 0 Å². The molecular formula is C14H16BrN3O2. The minimum atomic E-state index is -0.649. The van der Waals surface area contributed by atoms with Crippen LogP contribution in [0.15, 0.2) is 35.1 Å². The molecule has 0 radical (unpaired) electrons. The van der Waals surface area contributed by atoms with Crippen LogP contribution in [-0.4, -0.2) is 22.7 Å². The fourth-order valence-corrected chi connectivity index (χ4v) is 2.51. The lowest BCUT2D eigenvalue weighted by molar-refractivity contribution is -0.119. The van der Waals surface area contributed by atoms with E-state index >= 15 is 0 Å². The second-order valence-electron chi connectivity index (χ2n) is 4.54. The van der Waals surface area contributed by atoms with Crippen molar-refractivity contribution in [1.29, 1.82) is 0 Å². The number of nitrogens with zero attached hydrogens (tertiary/aromatic N) is 2. The van der Waals surface area contributed by atoms with Gasteiger partial charge >= 0.3 is 0 Å². The van der Waals surface area contributed by atoms with Crippen molar-refractivity contribution in [2.24, 2.45) is 12.8 Å². The molecule has 0 aliphatic rings. The van der Waals surface area contributed by atoms with Crippen molar-refractivity contribution >= 4 is 21.7 Å². The number of ketones is 1. The molecule has 5 nitrogen and oxygen atoms in total. The number of hydrogen-bond donors (Lipinski definition) is 1. The Morgan fingerprint density at radius 1 is 1.55 bits per heavy atom. The number of ether oxygens (including phenoxy) is 1. The lowest BCUT2D eigenvalue weighted by atomic mass is 10.0. The molecule has 1 atom stereocenters. The predicted octanol–water partition coefficient (Wildman–Crippen LogP) is 2.00. The molecule has 106 valence electrons. The molecule has 0 amide bonds. The number of nitrogens with two attached hydrogens (primary N) is 1. The van der Waals surface area contributed by atoms with Gasteiger partial charge in [0.1, 0.15) is 5.75 Å². The van der Waals surface area contributed by atoms with E-state index in [0.717, 1.165) is 21.3 Å². The van der Waals surface area contributed by atoms with Crippen molar-refractivity contribution in [2.75, 3.05) is 7.11 Å². The summed E-state index contributed by atoms with van der Waals surface area (Å²) in [5.41, 5.74) is 7.57. The molecule has 0 saturated carbocycles. The predicted molar refractivity (Wildman–Crippen MR) is 79.5 cm³/mol. The van der Waals surface area contributed by atoms with Gasteiger partial charge in [0.15, 0.2) is 5.78 Å². The van der Waals surface area contributed by atoms with Crippen LogP contribution in [0.1, 0.15) is 17.2 Å². The number of carbonyl (C=O) groups is 1. The largest absolute Gasteiger partial charge is 0.496 e. The van der Waals surface area contributed by atoms with Crippen LogP contribution in [0.5, 0.6) is 5.75 Å². The van der Waals surface area contributed by atoms with Gasteiger partial charge in [0.2, 0.25) is 0 Å². The molecule has 2 aromatic rings. The molecule has 0 fully saturated rings. The van der Waals surface area contributed by atoms with Gasteiger partial charge < -0.3 is 10.5 Å². The smallest absolute Gasteiger partial charge is 0.158 e. The average Bonchev–Trinajstić information content (AvgIpc) is 2.84. The lowest BCUT2D eigenvalue weighted by Crippen LogP contribution is -2.22. The lowest BCUT2D eigenvalue weighted by Gasteiger charge is -2.10. The Labute approximate surface area is 125 Å². The van der Waals surface area contributed by atoms with Crippen LogP contribution in [0.4, 0.5) is 0 Å². The van der Waals surface area contributed by atoms with E-state index in [1.165, 1.54) is 0 Å². The zero-order valence-electron chi connectivity index (χ0n) is 11.3. The van der Waals surface area contributed by atoms with Crippen molar-refractivity contribution in [2.45, 2.75) is 12.5 Å². The summed E-state index contributed by atoms with van der Waals surface area (Å²) in [6, 6.07) is 4.90. The third kappa shape index (κ3) is 3.26. The van der Waals surface area contributed by atoms with Gasteiger partial charge in [-0.1, -0.05) is 6.07 Å². The molecule has 1 aromatic heterocycles. The summed E-state index contributed by atoms with van der Waals surface area (Å²) in [5, 5.41) is 4.02. The fourth-order valence-electron chi connectivity index (χ4n) is 1.92. The maximum atomic E-state index is 12.2. The van der Waals surface area contributed by atoms with Gasteiger partial charge in [0.05, 0.1) is 23.8 Å². The van der Waals surface area contributed by atoms with Crippen molar-refractivity contribution < 1.29 is 9.53 Å². The standard InChI is InChI=1S/C14H16BrN3O2/c1-18-8-10(7-17-18)14(16)12(19)6-9-3-4-13(20-2)11(15)5-9/h3-5,7-8,14H,6,16H2,1-2H3. The Balaban J connectivity index is 2.09. The van der Waals surface area contributed by atoms with E-state index in [1.54, 1.807) is 31.2 Å². The fraction of sp³-hybridized carbons (Fsp3) is 0.286. The highest BCUT2D eigenvalue weighted by molar-refractivity contribution is 9.10. The van der Waals surface area contributed by atoms with E-state index in [2.05, 4.69) is 21.0 Å². The summed E-state index contributed by atoms with van der Waals surface area (Å²) < 4.78 is 7.61. The molecule has 0 bridgehead atoms. The highest BCUT2D eigenvalue weighted by Gasteiger charge is 2.18. The molecular weight excluding hydrogens is 322 g/mol. The normalized spacial score (nSPS) is 12.2. The van der Waals surface area contributed by atoms with Gasteiger partial charge in [-0.05, 0) is 33.6 Å². The van der Waals surface area contributed by atoms with E-state index < -0.39 is 6.04 Å². The van der Waals surface area contributed by atoms with Crippen LogP contribution in [-0.2, 0) is 18.3 Å². The number of carbonyl (C=O) groups excluding carboxylic acids is 1. The van der Waals surface area contributed by atoms with Crippen LogP contribution >= 0.6 is 15.9 Å². The molecule has 2 N–H and O–H groups in total. The average molecular weight is 338 g/mol. The topological polar surface area (TPSA) is 70.1 Å². The van der Waals surface area contributed by atoms with E-state index in [4.69, 9.17) is 10.5 Å². The van der Waals surface area contributed by atoms with Crippen molar-refractivity contribution in [3.8, 4) is 5.75 Å². The third-order valence-electron chi connectivity index (χ3n) is 3.03. The second-order valence-corrected chi connectivity index (χ2v) is 5.39. The Bertz CT molecular complexity index is 625. The van der Waals surface area contributed by atoms with Gasteiger partial charge in [0, 0.05) is 25.2 Å². The number of benzene rings is 1. The summed E-state index contributed by atoms with van der Waals surface area (Å²) in [6.07, 6.45) is 3.65. The first-order valence-corrected chi connectivity index (χ1v) is 6.90. The van der Waals surface area contributed by atoms with Crippen molar-refractivity contribution in [3.05, 3.63) is 46.2 Å². The van der Waals surface area contributed by atoms with Gasteiger partial charge in [-0.2, -0.15) is 5.10 Å². The summed E-state index contributed by atoms with van der Waals surface area (Å²) in [6.45, 7) is 0. The molecule has 2 rings (SSSR count). The molecule has 0 aliphatic heterocycles. The molecule has 20 heavy (non-hydrogen) atoms. The summed E-state index contributed by atoms with van der Waals surface area (Å²) in [7, 11) is 3.39. The first-order chi connectivity index (χ1) is 9.51. The number of rotatable bonds is 5. The summed E-state index contributed by atoms with van der Waals surface area (Å²) in [4.78, 5) is 12.2. The molecule has 0 spiro atoms. The number of aryl methyl sites for hydroxylation is 1. The van der Waals surface area contributed by atoms with E-state index in [9.17, 15) is 4.79 Å². The van der Waals surface area contributed by atoms with Gasteiger partial charge in [-0.3, -0.25) is 9.48 Å². The van der Waals surface area contributed by atoms with Crippen molar-refractivity contribution in [3.63, 3.8) is 0 Å². The molecule has 0 aliphatic carbocycles.